The fourth-order valence-corrected chi connectivity index (χ4v) is 4.92. The number of amides is 1. The molecule has 1 aliphatic heterocycles. The van der Waals surface area contributed by atoms with Gasteiger partial charge in [0.2, 0.25) is 5.76 Å². The largest absolute Gasteiger partial charge is 0.493 e. The van der Waals surface area contributed by atoms with Gasteiger partial charge in [-0.2, -0.15) is 0 Å². The number of aryl methyl sites for hydroxylation is 1. The summed E-state index contributed by atoms with van der Waals surface area (Å²) >= 11 is 6.33. The molecule has 7 heteroatoms. The van der Waals surface area contributed by atoms with Gasteiger partial charge in [-0.1, -0.05) is 61.3 Å². The molecule has 0 N–H and O–H groups in total. The number of unbranched alkanes of at least 4 members (excludes halogenated alkanes) is 1. The lowest BCUT2D eigenvalue weighted by atomic mass is 9.97. The van der Waals surface area contributed by atoms with Crippen molar-refractivity contribution in [2.24, 2.45) is 0 Å². The van der Waals surface area contributed by atoms with Crippen LogP contribution in [0, 0.1) is 6.92 Å². The number of hydrogen-bond donors (Lipinski definition) is 0. The van der Waals surface area contributed by atoms with Gasteiger partial charge in [0.1, 0.15) is 12.2 Å². The third kappa shape index (κ3) is 4.58. The van der Waals surface area contributed by atoms with E-state index in [9.17, 15) is 9.59 Å². The topological polar surface area (TPSA) is 69.0 Å². The molecule has 0 bridgehead atoms. The van der Waals surface area contributed by atoms with Crippen LogP contribution in [0.3, 0.4) is 0 Å². The summed E-state index contributed by atoms with van der Waals surface area (Å²) in [7, 11) is 1.57. The van der Waals surface area contributed by atoms with Gasteiger partial charge < -0.3 is 18.8 Å². The molecule has 0 aliphatic carbocycles. The first-order chi connectivity index (χ1) is 17.9. The maximum absolute atomic E-state index is 13.8. The maximum atomic E-state index is 13.8. The van der Waals surface area contributed by atoms with Gasteiger partial charge >= 0.3 is 0 Å². The zero-order chi connectivity index (χ0) is 26.1. The van der Waals surface area contributed by atoms with Crippen molar-refractivity contribution in [3.8, 4) is 11.5 Å². The second-order valence-electron chi connectivity index (χ2n) is 9.21. The first kappa shape index (κ1) is 24.9. The summed E-state index contributed by atoms with van der Waals surface area (Å²) in [4.78, 5) is 29.0. The normalized spacial score (nSPS) is 14.8. The smallest absolute Gasteiger partial charge is 0.290 e. The van der Waals surface area contributed by atoms with E-state index in [-0.39, 0.29) is 17.1 Å². The Labute approximate surface area is 220 Å². The summed E-state index contributed by atoms with van der Waals surface area (Å²) in [6, 6.07) is 18.1. The summed E-state index contributed by atoms with van der Waals surface area (Å²) in [5.74, 6) is 0.897. The quantitative estimate of drug-likeness (QED) is 0.260. The summed E-state index contributed by atoms with van der Waals surface area (Å²) in [5.41, 5.74) is 2.99. The van der Waals surface area contributed by atoms with Crippen molar-refractivity contribution < 1.29 is 18.7 Å². The number of carbonyl (C=O) groups is 1. The van der Waals surface area contributed by atoms with Crippen LogP contribution in [0.25, 0.3) is 11.0 Å². The Morgan fingerprint density at radius 3 is 2.54 bits per heavy atom. The number of benzene rings is 3. The lowest BCUT2D eigenvalue weighted by Gasteiger charge is -2.25. The second-order valence-corrected chi connectivity index (χ2v) is 9.62. The molecule has 0 radical (unpaired) electrons. The standard InChI is InChI=1S/C30H28ClNO5/c1-4-5-13-32-27(20-11-12-23(25(15-20)35-3)36-17-19-9-7-6-8-10-19)26-28(33)21-16-22(31)18(2)14-24(21)37-29(26)30(32)34/h6-12,14-16,27H,4-5,13,17H2,1-3H3. The molecule has 1 unspecified atom stereocenters. The van der Waals surface area contributed by atoms with Gasteiger partial charge in [0.05, 0.1) is 24.1 Å². The second kappa shape index (κ2) is 10.3. The lowest BCUT2D eigenvalue weighted by molar-refractivity contribution is 0.0725. The molecule has 0 spiro atoms. The fraction of sp³-hybridized carbons (Fsp3) is 0.267. The average Bonchev–Trinajstić information content (AvgIpc) is 3.19. The van der Waals surface area contributed by atoms with E-state index in [2.05, 4.69) is 6.92 Å². The Kier molecular flexibility index (Phi) is 6.94. The molecule has 3 aromatic carbocycles. The van der Waals surface area contributed by atoms with Crippen LogP contribution in [-0.2, 0) is 6.61 Å². The van der Waals surface area contributed by atoms with Crippen molar-refractivity contribution in [1.29, 1.82) is 0 Å². The van der Waals surface area contributed by atoms with Crippen molar-refractivity contribution >= 4 is 28.5 Å². The molecule has 1 aromatic heterocycles. The molecule has 0 saturated carbocycles. The summed E-state index contributed by atoms with van der Waals surface area (Å²) in [5, 5.41) is 0.837. The van der Waals surface area contributed by atoms with E-state index in [0.717, 1.165) is 29.5 Å². The fourth-order valence-electron chi connectivity index (χ4n) is 4.76. The van der Waals surface area contributed by atoms with E-state index < -0.39 is 6.04 Å². The molecule has 2 heterocycles. The van der Waals surface area contributed by atoms with Crippen molar-refractivity contribution in [3.63, 3.8) is 0 Å². The first-order valence-electron chi connectivity index (χ1n) is 12.4. The molecule has 190 valence electrons. The van der Waals surface area contributed by atoms with Crippen LogP contribution < -0.4 is 14.9 Å². The van der Waals surface area contributed by atoms with Crippen molar-refractivity contribution in [3.05, 3.63) is 104 Å². The van der Waals surface area contributed by atoms with Crippen LogP contribution >= 0.6 is 11.6 Å². The van der Waals surface area contributed by atoms with E-state index in [4.69, 9.17) is 25.5 Å². The van der Waals surface area contributed by atoms with Crippen LogP contribution in [0.1, 0.15) is 58.6 Å². The van der Waals surface area contributed by atoms with Crippen LogP contribution in [-0.4, -0.2) is 24.5 Å². The van der Waals surface area contributed by atoms with Crippen molar-refractivity contribution in [2.75, 3.05) is 13.7 Å². The Morgan fingerprint density at radius 2 is 1.81 bits per heavy atom. The van der Waals surface area contributed by atoms with Crippen LogP contribution in [0.5, 0.6) is 11.5 Å². The Bertz CT molecular complexity index is 1530. The van der Waals surface area contributed by atoms with Crippen LogP contribution in [0.15, 0.2) is 69.9 Å². The Hall–Kier alpha value is -3.77. The van der Waals surface area contributed by atoms with Crippen LogP contribution in [0.2, 0.25) is 5.02 Å². The van der Waals surface area contributed by atoms with Crippen molar-refractivity contribution in [2.45, 2.75) is 39.3 Å². The van der Waals surface area contributed by atoms with Gasteiger partial charge in [-0.05, 0) is 54.3 Å². The SMILES string of the molecule is CCCCN1C(=O)c2oc3cc(C)c(Cl)cc3c(=O)c2C1c1ccc(OCc2ccccc2)c(OC)c1. The highest BCUT2D eigenvalue weighted by molar-refractivity contribution is 6.32. The molecule has 4 aromatic rings. The number of nitrogens with zero attached hydrogens (tertiary/aromatic N) is 1. The summed E-state index contributed by atoms with van der Waals surface area (Å²) in [6.07, 6.45) is 1.70. The van der Waals surface area contributed by atoms with Gasteiger partial charge in [0, 0.05) is 11.6 Å². The minimum absolute atomic E-state index is 0.0868. The highest BCUT2D eigenvalue weighted by Gasteiger charge is 2.42. The average molecular weight is 518 g/mol. The minimum atomic E-state index is -0.605. The molecule has 0 saturated heterocycles. The third-order valence-electron chi connectivity index (χ3n) is 6.74. The van der Waals surface area contributed by atoms with Gasteiger partial charge in [-0.15, -0.1) is 0 Å². The van der Waals surface area contributed by atoms with Gasteiger partial charge in [0.25, 0.3) is 5.91 Å². The highest BCUT2D eigenvalue weighted by Crippen LogP contribution is 2.41. The van der Waals surface area contributed by atoms with E-state index in [1.807, 2.05) is 55.5 Å². The molecule has 5 rings (SSSR count). The molecular weight excluding hydrogens is 490 g/mol. The molecule has 1 amide bonds. The Balaban J connectivity index is 1.60. The van der Waals surface area contributed by atoms with Gasteiger partial charge in [-0.3, -0.25) is 9.59 Å². The molecule has 6 nitrogen and oxygen atoms in total. The monoisotopic (exact) mass is 517 g/mol. The number of hydrogen-bond acceptors (Lipinski definition) is 5. The molecule has 37 heavy (non-hydrogen) atoms. The zero-order valence-electron chi connectivity index (χ0n) is 21.0. The van der Waals surface area contributed by atoms with E-state index in [1.54, 1.807) is 24.1 Å². The number of fused-ring (bicyclic) bond motifs is 2. The minimum Gasteiger partial charge on any atom is -0.493 e. The van der Waals surface area contributed by atoms with Gasteiger partial charge in [0.15, 0.2) is 16.9 Å². The lowest BCUT2D eigenvalue weighted by Crippen LogP contribution is -2.30. The number of rotatable bonds is 8. The van der Waals surface area contributed by atoms with Gasteiger partial charge in [-0.25, -0.2) is 0 Å². The predicted octanol–water partition coefficient (Wildman–Crippen LogP) is 6.69. The third-order valence-corrected chi connectivity index (χ3v) is 7.15. The number of carbonyl (C=O) groups excluding carboxylic acids is 1. The molecule has 0 fully saturated rings. The van der Waals surface area contributed by atoms with Crippen molar-refractivity contribution in [1.82, 2.24) is 4.90 Å². The Morgan fingerprint density at radius 1 is 1.03 bits per heavy atom. The van der Waals surface area contributed by atoms with E-state index >= 15 is 0 Å². The number of ether oxygens (including phenoxy) is 2. The summed E-state index contributed by atoms with van der Waals surface area (Å²) < 4.78 is 17.7. The first-order valence-corrected chi connectivity index (χ1v) is 12.7. The summed E-state index contributed by atoms with van der Waals surface area (Å²) in [6.45, 7) is 4.78. The van der Waals surface area contributed by atoms with Crippen LogP contribution in [0.4, 0.5) is 0 Å². The maximum Gasteiger partial charge on any atom is 0.290 e. The predicted molar refractivity (Wildman–Crippen MR) is 144 cm³/mol. The molecule has 1 atom stereocenters. The zero-order valence-corrected chi connectivity index (χ0v) is 21.8. The number of methoxy groups -OCH3 is 1. The molecular formula is C30H28ClNO5. The van der Waals surface area contributed by atoms with E-state index in [0.29, 0.717) is 46.2 Å². The number of halogens is 1. The highest BCUT2D eigenvalue weighted by atomic mass is 35.5. The van der Waals surface area contributed by atoms with E-state index in [1.165, 1.54) is 0 Å². The molecule has 1 aliphatic rings.